The van der Waals surface area contributed by atoms with Crippen LogP contribution in [-0.4, -0.2) is 22.6 Å². The van der Waals surface area contributed by atoms with Gasteiger partial charge >= 0.3 is 5.97 Å². The van der Waals surface area contributed by atoms with Crippen LogP contribution in [0.15, 0.2) is 34.9 Å². The predicted molar refractivity (Wildman–Crippen MR) is 133 cm³/mol. The summed E-state index contributed by atoms with van der Waals surface area (Å²) in [6.07, 6.45) is 9.99. The van der Waals surface area contributed by atoms with Gasteiger partial charge in [-0.3, -0.25) is 4.79 Å². The van der Waals surface area contributed by atoms with E-state index < -0.39 is 11.8 Å². The molecular formula is C30H42O4. The van der Waals surface area contributed by atoms with Gasteiger partial charge in [-0.2, -0.15) is 0 Å². The Hall–Kier alpha value is -1.68. The molecule has 1 N–H and O–H groups in total. The second-order valence-electron chi connectivity index (χ2n) is 13.2. The lowest BCUT2D eigenvalue weighted by Crippen LogP contribution is -2.51. The molecule has 2 fully saturated rings. The molecule has 5 aliphatic rings. The second kappa shape index (κ2) is 7.18. The summed E-state index contributed by atoms with van der Waals surface area (Å²) in [6.45, 7) is 17.8. The van der Waals surface area contributed by atoms with Gasteiger partial charge in [-0.05, 0) is 80.6 Å². The highest BCUT2D eigenvalue weighted by Crippen LogP contribution is 2.74. The number of ketones is 1. The summed E-state index contributed by atoms with van der Waals surface area (Å²) in [4.78, 5) is 24.9. The van der Waals surface area contributed by atoms with E-state index in [9.17, 15) is 14.7 Å². The van der Waals surface area contributed by atoms with E-state index >= 15 is 0 Å². The van der Waals surface area contributed by atoms with Gasteiger partial charge in [0, 0.05) is 29.2 Å². The molecule has 0 saturated heterocycles. The van der Waals surface area contributed by atoms with E-state index in [-0.39, 0.29) is 27.6 Å². The van der Waals surface area contributed by atoms with Gasteiger partial charge in [0.2, 0.25) is 5.79 Å². The summed E-state index contributed by atoms with van der Waals surface area (Å²) in [6, 6.07) is 0. The number of allylic oxidation sites excluding steroid dienone is 3. The number of hydrogen-bond acceptors (Lipinski definition) is 4. The molecule has 0 radical (unpaired) electrons. The third-order valence-electron chi connectivity index (χ3n) is 11.5. The van der Waals surface area contributed by atoms with Crippen LogP contribution < -0.4 is 0 Å². The van der Waals surface area contributed by atoms with Gasteiger partial charge in [-0.25, -0.2) is 4.79 Å². The molecule has 0 amide bonds. The number of ether oxygens (including phenoxy) is 1. The lowest BCUT2D eigenvalue weighted by molar-refractivity contribution is -0.187. The van der Waals surface area contributed by atoms with Crippen LogP contribution in [-0.2, 0) is 14.3 Å². The molecule has 1 spiro atoms. The lowest BCUT2D eigenvalue weighted by atomic mass is 9.48. The van der Waals surface area contributed by atoms with Crippen molar-refractivity contribution in [2.24, 2.45) is 33.5 Å². The minimum atomic E-state index is -1.51. The average Bonchev–Trinajstić information content (AvgIpc) is 3.35. The Morgan fingerprint density at radius 1 is 1.06 bits per heavy atom. The summed E-state index contributed by atoms with van der Waals surface area (Å²) in [5.41, 5.74) is 4.77. The first-order chi connectivity index (χ1) is 15.7. The Balaban J connectivity index is 1.54. The minimum Gasteiger partial charge on any atom is -0.426 e. The zero-order valence-electron chi connectivity index (χ0n) is 22.0. The van der Waals surface area contributed by atoms with Crippen LogP contribution in [0.3, 0.4) is 0 Å². The van der Waals surface area contributed by atoms with E-state index in [1.165, 1.54) is 5.57 Å². The fourth-order valence-electron chi connectivity index (χ4n) is 9.42. The molecule has 34 heavy (non-hydrogen) atoms. The van der Waals surface area contributed by atoms with Crippen molar-refractivity contribution in [3.63, 3.8) is 0 Å². The second-order valence-corrected chi connectivity index (χ2v) is 13.2. The first-order valence-electron chi connectivity index (χ1n) is 13.3. The zero-order valence-corrected chi connectivity index (χ0v) is 22.0. The maximum absolute atomic E-state index is 12.8. The molecule has 186 valence electrons. The quantitative estimate of drug-likeness (QED) is 0.384. The monoisotopic (exact) mass is 466 g/mol. The van der Waals surface area contributed by atoms with Gasteiger partial charge < -0.3 is 9.84 Å². The maximum atomic E-state index is 12.8. The molecular weight excluding hydrogens is 424 g/mol. The number of carbonyl (C=O) groups is 2. The molecule has 0 bridgehead atoms. The molecule has 0 unspecified atom stereocenters. The maximum Gasteiger partial charge on any atom is 0.336 e. The first kappa shape index (κ1) is 24.0. The molecule has 0 aromatic carbocycles. The third kappa shape index (κ3) is 2.87. The van der Waals surface area contributed by atoms with Crippen molar-refractivity contribution in [2.45, 2.75) is 105 Å². The highest BCUT2D eigenvalue weighted by atomic mass is 16.7. The van der Waals surface area contributed by atoms with E-state index in [0.717, 1.165) is 44.9 Å². The summed E-state index contributed by atoms with van der Waals surface area (Å²) in [7, 11) is 0. The summed E-state index contributed by atoms with van der Waals surface area (Å²) >= 11 is 0. The molecule has 1 heterocycles. The van der Waals surface area contributed by atoms with Crippen LogP contribution in [0.4, 0.5) is 0 Å². The van der Waals surface area contributed by atoms with Crippen LogP contribution in [0.5, 0.6) is 0 Å². The average molecular weight is 467 g/mol. The Bertz CT molecular complexity index is 1050. The largest absolute Gasteiger partial charge is 0.426 e. The summed E-state index contributed by atoms with van der Waals surface area (Å²) in [5.74, 6) is -0.953. The third-order valence-corrected chi connectivity index (χ3v) is 11.5. The standard InChI is InChI=1S/C30H42O4/c1-18-16-29(33,34-25(18)32)17-20(3)28(7)14-10-19(2)30(28)15-11-21-22(30)8-9-23-26(4,5)24(31)12-13-27(21,23)6/h16,20,23,33H,2,8-15,17H2,1,3-7H3/t20-,23+,27-,28+,29+,30+/m1/s1. The molecule has 5 rings (SSSR count). The van der Waals surface area contributed by atoms with E-state index in [0.29, 0.717) is 30.1 Å². The van der Waals surface area contributed by atoms with Gasteiger partial charge in [0.1, 0.15) is 5.78 Å². The fraction of sp³-hybridized carbons (Fsp3) is 0.733. The first-order valence-corrected chi connectivity index (χ1v) is 13.3. The molecule has 4 heteroatoms. The van der Waals surface area contributed by atoms with Crippen LogP contribution in [0.1, 0.15) is 99.3 Å². The fourth-order valence-corrected chi connectivity index (χ4v) is 9.42. The van der Waals surface area contributed by atoms with Gasteiger partial charge in [0.25, 0.3) is 0 Å². The van der Waals surface area contributed by atoms with E-state index in [1.54, 1.807) is 24.1 Å². The van der Waals surface area contributed by atoms with Crippen molar-refractivity contribution in [3.8, 4) is 0 Å². The number of fused-ring (bicyclic) bond motifs is 3. The number of hydrogen-bond donors (Lipinski definition) is 1. The molecule has 6 atom stereocenters. The molecule has 1 aliphatic heterocycles. The van der Waals surface area contributed by atoms with Gasteiger partial charge in [0.15, 0.2) is 0 Å². The Morgan fingerprint density at radius 2 is 1.76 bits per heavy atom. The minimum absolute atomic E-state index is 0.0565. The van der Waals surface area contributed by atoms with Crippen LogP contribution in [0.25, 0.3) is 0 Å². The Labute approximate surface area is 204 Å². The number of esters is 1. The van der Waals surface area contributed by atoms with E-state index in [1.807, 2.05) is 0 Å². The SMILES string of the molecule is C=C1CC[C@@](C)([C@H](C)C[C@]2(O)C=C(C)C(=O)O2)[C@@]12CCC1=C2CC[C@H]2C(C)(C)C(=O)CC[C@]12C. The number of carbonyl (C=O) groups excluding carboxylic acids is 2. The zero-order chi connectivity index (χ0) is 24.9. The number of rotatable bonds is 3. The number of aliphatic hydroxyl groups is 1. The van der Waals surface area contributed by atoms with Crippen LogP contribution in [0.2, 0.25) is 0 Å². The van der Waals surface area contributed by atoms with Crippen molar-refractivity contribution in [1.82, 2.24) is 0 Å². The number of Topliss-reactive ketones (excluding diaryl/α,β-unsaturated/α-hetero) is 1. The van der Waals surface area contributed by atoms with Crippen molar-refractivity contribution in [3.05, 3.63) is 34.9 Å². The lowest BCUT2D eigenvalue weighted by Gasteiger charge is -2.56. The number of cyclic esters (lactones) is 1. The van der Waals surface area contributed by atoms with Crippen molar-refractivity contribution in [2.75, 3.05) is 0 Å². The topological polar surface area (TPSA) is 63.6 Å². The van der Waals surface area contributed by atoms with E-state index in [2.05, 4.69) is 41.2 Å². The van der Waals surface area contributed by atoms with Crippen molar-refractivity contribution < 1.29 is 19.4 Å². The predicted octanol–water partition coefficient (Wildman–Crippen LogP) is 6.44. The van der Waals surface area contributed by atoms with Crippen LogP contribution >= 0.6 is 0 Å². The molecule has 2 saturated carbocycles. The molecule has 4 nitrogen and oxygen atoms in total. The Kier molecular flexibility index (Phi) is 5.08. The molecule has 0 aromatic rings. The molecule has 0 aromatic heterocycles. The summed E-state index contributed by atoms with van der Waals surface area (Å²) in [5, 5.41) is 11.1. The highest BCUT2D eigenvalue weighted by Gasteiger charge is 2.65. The summed E-state index contributed by atoms with van der Waals surface area (Å²) < 4.78 is 5.40. The highest BCUT2D eigenvalue weighted by molar-refractivity contribution is 5.90. The molecule has 4 aliphatic carbocycles. The Morgan fingerprint density at radius 3 is 2.41 bits per heavy atom. The van der Waals surface area contributed by atoms with Crippen molar-refractivity contribution in [1.29, 1.82) is 0 Å². The van der Waals surface area contributed by atoms with Gasteiger partial charge in [-0.15, -0.1) is 0 Å². The van der Waals surface area contributed by atoms with Gasteiger partial charge in [-0.1, -0.05) is 57.9 Å². The smallest absolute Gasteiger partial charge is 0.336 e. The van der Waals surface area contributed by atoms with Gasteiger partial charge in [0.05, 0.1) is 0 Å². The van der Waals surface area contributed by atoms with Crippen molar-refractivity contribution >= 4 is 11.8 Å². The normalized spacial score (nSPS) is 44.3. The van der Waals surface area contributed by atoms with Crippen LogP contribution in [0, 0.1) is 33.5 Å². The van der Waals surface area contributed by atoms with E-state index in [4.69, 9.17) is 4.74 Å².